The highest BCUT2D eigenvalue weighted by Gasteiger charge is 2.32. The van der Waals surface area contributed by atoms with Crippen LogP contribution in [0.1, 0.15) is 6.42 Å². The monoisotopic (exact) mass is 394 g/mol. The number of anilines is 1. The number of carbonyl (C=O) groups excluding carboxylic acids is 1. The molecule has 3 N–H and O–H groups in total. The van der Waals surface area contributed by atoms with Crippen molar-refractivity contribution in [3.05, 3.63) is 21.6 Å². The number of ether oxygens (including phenoxy) is 1. The van der Waals surface area contributed by atoms with E-state index in [1.165, 1.54) is 7.11 Å². The zero-order valence-corrected chi connectivity index (χ0v) is 14.6. The van der Waals surface area contributed by atoms with Crippen LogP contribution in [0, 0.1) is 0 Å². The Hall–Kier alpha value is -0.630. The fourth-order valence-corrected chi connectivity index (χ4v) is 4.27. The van der Waals surface area contributed by atoms with Gasteiger partial charge >= 0.3 is 6.03 Å². The Morgan fingerprint density at radius 2 is 2.38 bits per heavy atom. The largest absolute Gasteiger partial charge is 0.493 e. The van der Waals surface area contributed by atoms with Crippen LogP contribution >= 0.6 is 39.3 Å². The van der Waals surface area contributed by atoms with Gasteiger partial charge in [-0.2, -0.15) is 11.8 Å². The fourth-order valence-electron chi connectivity index (χ4n) is 2.01. The molecule has 1 aliphatic heterocycles. The van der Waals surface area contributed by atoms with Crippen molar-refractivity contribution < 1.29 is 14.6 Å². The van der Waals surface area contributed by atoms with E-state index in [1.807, 2.05) is 0 Å². The summed E-state index contributed by atoms with van der Waals surface area (Å²) >= 11 is 11.0. The molecule has 1 aromatic rings. The maximum absolute atomic E-state index is 11.9. The number of thioether (sulfide) groups is 1. The van der Waals surface area contributed by atoms with Crippen LogP contribution in [0.2, 0.25) is 5.02 Å². The van der Waals surface area contributed by atoms with Crippen molar-refractivity contribution in [2.45, 2.75) is 12.0 Å². The lowest BCUT2D eigenvalue weighted by atomic mass is 10.0. The Kier molecular flexibility index (Phi) is 5.65. The van der Waals surface area contributed by atoms with Gasteiger partial charge < -0.3 is 20.5 Å². The predicted octanol–water partition coefficient (Wildman–Crippen LogP) is 3.10. The number of methoxy groups -OCH3 is 1. The number of carbonyl (C=O) groups is 1. The highest BCUT2D eigenvalue weighted by atomic mass is 79.9. The second-order valence-electron chi connectivity index (χ2n) is 4.80. The van der Waals surface area contributed by atoms with Crippen LogP contribution in [0.3, 0.4) is 0 Å². The number of benzene rings is 1. The van der Waals surface area contributed by atoms with Gasteiger partial charge in [0.1, 0.15) is 0 Å². The van der Waals surface area contributed by atoms with Gasteiger partial charge in [0.05, 0.1) is 22.9 Å². The molecule has 0 aliphatic carbocycles. The number of hydrogen-bond acceptors (Lipinski definition) is 4. The molecule has 1 heterocycles. The minimum atomic E-state index is -0.818. The van der Waals surface area contributed by atoms with E-state index in [0.717, 1.165) is 5.75 Å². The third-order valence-electron chi connectivity index (χ3n) is 3.12. The summed E-state index contributed by atoms with van der Waals surface area (Å²) in [5.41, 5.74) is -0.358. The van der Waals surface area contributed by atoms with Crippen molar-refractivity contribution >= 4 is 51.0 Å². The average Bonchev–Trinajstić information content (AvgIpc) is 2.84. The molecule has 1 atom stereocenters. The third kappa shape index (κ3) is 4.42. The molecular formula is C13H16BrClN2O3S. The summed E-state index contributed by atoms with van der Waals surface area (Å²) in [6.45, 7) is 0.218. The smallest absolute Gasteiger partial charge is 0.319 e. The molecule has 5 nitrogen and oxygen atoms in total. The maximum Gasteiger partial charge on any atom is 0.319 e. The quantitative estimate of drug-likeness (QED) is 0.732. The fraction of sp³-hybridized carbons (Fsp3) is 0.462. The van der Waals surface area contributed by atoms with Crippen molar-refractivity contribution in [3.8, 4) is 5.75 Å². The lowest BCUT2D eigenvalue weighted by Gasteiger charge is -2.22. The lowest BCUT2D eigenvalue weighted by Crippen LogP contribution is -2.44. The van der Waals surface area contributed by atoms with Crippen LogP contribution in [-0.4, -0.2) is 41.9 Å². The summed E-state index contributed by atoms with van der Waals surface area (Å²) in [6, 6.07) is 2.88. The molecule has 0 bridgehead atoms. The molecule has 2 amide bonds. The number of rotatable bonds is 4. The first kappa shape index (κ1) is 16.7. The Bertz CT molecular complexity index is 538. The van der Waals surface area contributed by atoms with Gasteiger partial charge in [-0.15, -0.1) is 0 Å². The second kappa shape index (κ2) is 7.09. The van der Waals surface area contributed by atoms with Crippen LogP contribution in [0.4, 0.5) is 10.5 Å². The van der Waals surface area contributed by atoms with Crippen LogP contribution < -0.4 is 15.4 Å². The first-order chi connectivity index (χ1) is 9.93. The van der Waals surface area contributed by atoms with Gasteiger partial charge in [0.2, 0.25) is 0 Å². The normalized spacial score (nSPS) is 21.1. The summed E-state index contributed by atoms with van der Waals surface area (Å²) in [7, 11) is 1.51. The third-order valence-corrected chi connectivity index (χ3v) is 5.16. The molecule has 1 saturated heterocycles. The van der Waals surface area contributed by atoms with Crippen LogP contribution in [-0.2, 0) is 0 Å². The number of aliphatic hydroxyl groups is 1. The van der Waals surface area contributed by atoms with E-state index in [4.69, 9.17) is 16.3 Å². The summed E-state index contributed by atoms with van der Waals surface area (Å²) < 4.78 is 5.88. The van der Waals surface area contributed by atoms with E-state index >= 15 is 0 Å². The van der Waals surface area contributed by atoms with Gasteiger partial charge in [0.15, 0.2) is 5.75 Å². The number of halogens is 2. The first-order valence-corrected chi connectivity index (χ1v) is 8.64. The molecule has 21 heavy (non-hydrogen) atoms. The van der Waals surface area contributed by atoms with E-state index in [0.29, 0.717) is 33.1 Å². The van der Waals surface area contributed by atoms with Crippen molar-refractivity contribution in [1.29, 1.82) is 0 Å². The summed E-state index contributed by atoms with van der Waals surface area (Å²) in [6.07, 6.45) is 0.685. The van der Waals surface area contributed by atoms with Crippen molar-refractivity contribution in [2.75, 3.05) is 30.5 Å². The van der Waals surface area contributed by atoms with Crippen LogP contribution in [0.15, 0.2) is 16.6 Å². The molecule has 1 aromatic carbocycles. The molecule has 1 aliphatic rings. The highest BCUT2D eigenvalue weighted by Crippen LogP contribution is 2.36. The lowest BCUT2D eigenvalue weighted by molar-refractivity contribution is 0.0706. The Morgan fingerprint density at radius 3 is 3.00 bits per heavy atom. The molecule has 0 saturated carbocycles. The van der Waals surface area contributed by atoms with Crippen molar-refractivity contribution in [2.24, 2.45) is 0 Å². The molecule has 1 unspecified atom stereocenters. The SMILES string of the molecule is COc1c(Br)cc(Cl)cc1NC(=O)NCC1(O)CCSC1. The van der Waals surface area contributed by atoms with E-state index < -0.39 is 11.6 Å². The number of amides is 2. The van der Waals surface area contributed by atoms with E-state index in [1.54, 1.807) is 23.9 Å². The van der Waals surface area contributed by atoms with Gasteiger partial charge in [-0.05, 0) is 40.2 Å². The Morgan fingerprint density at radius 1 is 1.62 bits per heavy atom. The number of hydrogen-bond donors (Lipinski definition) is 3. The maximum atomic E-state index is 11.9. The minimum Gasteiger partial charge on any atom is -0.493 e. The van der Waals surface area contributed by atoms with Gasteiger partial charge in [0, 0.05) is 17.3 Å². The summed E-state index contributed by atoms with van der Waals surface area (Å²) in [4.78, 5) is 11.9. The summed E-state index contributed by atoms with van der Waals surface area (Å²) in [5, 5.41) is 16.0. The number of nitrogens with one attached hydrogen (secondary N) is 2. The van der Waals surface area contributed by atoms with Crippen molar-refractivity contribution in [3.63, 3.8) is 0 Å². The Labute approximate surface area is 140 Å². The molecule has 0 aromatic heterocycles. The topological polar surface area (TPSA) is 70.6 Å². The van der Waals surface area contributed by atoms with Crippen molar-refractivity contribution in [1.82, 2.24) is 5.32 Å². The molecule has 8 heteroatoms. The minimum absolute atomic E-state index is 0.218. The van der Waals surface area contributed by atoms with E-state index in [-0.39, 0.29) is 6.54 Å². The highest BCUT2D eigenvalue weighted by molar-refractivity contribution is 9.10. The van der Waals surface area contributed by atoms with E-state index in [9.17, 15) is 9.90 Å². The molecular weight excluding hydrogens is 380 g/mol. The molecule has 116 valence electrons. The van der Waals surface area contributed by atoms with Gasteiger partial charge in [-0.25, -0.2) is 4.79 Å². The summed E-state index contributed by atoms with van der Waals surface area (Å²) in [5.74, 6) is 2.04. The second-order valence-corrected chi connectivity index (χ2v) is 7.20. The number of urea groups is 1. The first-order valence-electron chi connectivity index (χ1n) is 6.31. The van der Waals surface area contributed by atoms with Gasteiger partial charge in [-0.3, -0.25) is 0 Å². The molecule has 2 rings (SSSR count). The molecule has 0 spiro atoms. The van der Waals surface area contributed by atoms with Crippen LogP contribution in [0.5, 0.6) is 5.75 Å². The zero-order chi connectivity index (χ0) is 15.5. The molecule has 0 radical (unpaired) electrons. The van der Waals surface area contributed by atoms with Gasteiger partial charge in [0.25, 0.3) is 0 Å². The Balaban J connectivity index is 1.99. The van der Waals surface area contributed by atoms with Crippen LogP contribution in [0.25, 0.3) is 0 Å². The molecule has 1 fully saturated rings. The standard InChI is InChI=1S/C13H16BrClN2O3S/c1-20-11-9(14)4-8(15)5-10(11)17-12(18)16-6-13(19)2-3-21-7-13/h4-5,19H,2-3,6-7H2,1H3,(H2,16,17,18). The van der Waals surface area contributed by atoms with Gasteiger partial charge in [-0.1, -0.05) is 11.6 Å². The predicted molar refractivity (Wildman–Crippen MR) is 89.6 cm³/mol. The average molecular weight is 396 g/mol. The van der Waals surface area contributed by atoms with E-state index in [2.05, 4.69) is 26.6 Å². The zero-order valence-electron chi connectivity index (χ0n) is 11.4.